The van der Waals surface area contributed by atoms with Gasteiger partial charge in [0.25, 0.3) is 0 Å². The van der Waals surface area contributed by atoms with E-state index in [9.17, 15) is 0 Å². The summed E-state index contributed by atoms with van der Waals surface area (Å²) in [6.45, 7) is 5.10. The molecule has 0 saturated heterocycles. The van der Waals surface area contributed by atoms with Gasteiger partial charge in [-0.3, -0.25) is 0 Å². The molecular weight excluding hydrogens is 266 g/mol. The van der Waals surface area contributed by atoms with Crippen LogP contribution in [0.5, 0.6) is 0 Å². The third kappa shape index (κ3) is 5.25. The molecule has 1 nitrogen and oxygen atoms in total. The highest BCUT2D eigenvalue weighted by molar-refractivity contribution is 4.90. The molecule has 1 heteroatoms. The molecule has 0 aromatic heterocycles. The topological polar surface area (TPSA) is 3.24 Å². The first kappa shape index (κ1) is 18.3. The number of hydrogen-bond donors (Lipinski definition) is 0. The van der Waals surface area contributed by atoms with Gasteiger partial charge in [-0.15, -0.1) is 0 Å². The van der Waals surface area contributed by atoms with Crippen LogP contribution >= 0.6 is 0 Å². The fourth-order valence-electron chi connectivity index (χ4n) is 5.68. The molecule has 0 aromatic rings. The van der Waals surface area contributed by atoms with Crippen LogP contribution in [0.3, 0.4) is 0 Å². The molecule has 0 bridgehead atoms. The average molecular weight is 308 g/mol. The van der Waals surface area contributed by atoms with Crippen molar-refractivity contribution in [3.63, 3.8) is 0 Å². The lowest BCUT2D eigenvalue weighted by atomic mass is 9.69. The van der Waals surface area contributed by atoms with E-state index in [2.05, 4.69) is 32.8 Å². The zero-order chi connectivity index (χ0) is 16.0. The van der Waals surface area contributed by atoms with Crippen molar-refractivity contribution < 1.29 is 0 Å². The monoisotopic (exact) mass is 307 g/mol. The van der Waals surface area contributed by atoms with Gasteiger partial charge in [-0.05, 0) is 50.6 Å². The van der Waals surface area contributed by atoms with E-state index in [1.807, 2.05) is 0 Å². The summed E-state index contributed by atoms with van der Waals surface area (Å²) in [6.07, 6.45) is 19.2. The fraction of sp³-hybridized carbons (Fsp3) is 1.00. The van der Waals surface area contributed by atoms with Crippen molar-refractivity contribution in [3.05, 3.63) is 0 Å². The summed E-state index contributed by atoms with van der Waals surface area (Å²) in [5.74, 6) is 1.99. The van der Waals surface area contributed by atoms with Gasteiger partial charge in [-0.1, -0.05) is 78.1 Å². The lowest BCUT2D eigenvalue weighted by Crippen LogP contribution is -2.47. The van der Waals surface area contributed by atoms with Crippen LogP contribution in [0.15, 0.2) is 0 Å². The quantitative estimate of drug-likeness (QED) is 0.535. The van der Waals surface area contributed by atoms with Crippen molar-refractivity contribution in [2.75, 3.05) is 14.1 Å². The predicted octanol–water partition coefficient (Wildman–Crippen LogP) is 6.27. The fourth-order valence-corrected chi connectivity index (χ4v) is 5.68. The van der Waals surface area contributed by atoms with E-state index in [1.165, 1.54) is 83.5 Å². The SMILES string of the molecule is CN(C)C(C1CCCCC1)C(C)(C)CCCC1CCCCC1. The van der Waals surface area contributed by atoms with Gasteiger partial charge in [0.2, 0.25) is 0 Å². The summed E-state index contributed by atoms with van der Waals surface area (Å²) in [7, 11) is 4.64. The van der Waals surface area contributed by atoms with Gasteiger partial charge < -0.3 is 4.90 Å². The van der Waals surface area contributed by atoms with Crippen LogP contribution in [0, 0.1) is 17.3 Å². The first-order valence-electron chi connectivity index (χ1n) is 10.2. The highest BCUT2D eigenvalue weighted by atomic mass is 15.1. The maximum atomic E-state index is 2.55. The van der Waals surface area contributed by atoms with Crippen molar-refractivity contribution in [2.24, 2.45) is 17.3 Å². The van der Waals surface area contributed by atoms with E-state index in [1.54, 1.807) is 0 Å². The summed E-state index contributed by atoms with van der Waals surface area (Å²) in [5, 5.41) is 0. The van der Waals surface area contributed by atoms with Crippen LogP contribution in [0.4, 0.5) is 0 Å². The number of hydrogen-bond acceptors (Lipinski definition) is 1. The Bertz CT molecular complexity index is 295. The Balaban J connectivity index is 1.84. The van der Waals surface area contributed by atoms with Crippen molar-refractivity contribution in [1.82, 2.24) is 4.90 Å². The Morgan fingerprint density at radius 1 is 0.864 bits per heavy atom. The first-order chi connectivity index (χ1) is 10.5. The van der Waals surface area contributed by atoms with Crippen LogP contribution in [-0.4, -0.2) is 25.0 Å². The van der Waals surface area contributed by atoms with Gasteiger partial charge in [0.1, 0.15) is 0 Å². The molecule has 0 aliphatic heterocycles. The largest absolute Gasteiger partial charge is 0.306 e. The van der Waals surface area contributed by atoms with E-state index in [4.69, 9.17) is 0 Å². The zero-order valence-electron chi connectivity index (χ0n) is 15.9. The summed E-state index contributed by atoms with van der Waals surface area (Å²) in [4.78, 5) is 2.55. The molecule has 1 unspecified atom stereocenters. The van der Waals surface area contributed by atoms with Crippen molar-refractivity contribution in [3.8, 4) is 0 Å². The Labute approximate surface area is 140 Å². The second kappa shape index (κ2) is 8.71. The minimum absolute atomic E-state index is 0.472. The number of nitrogens with zero attached hydrogens (tertiary/aromatic N) is 1. The van der Waals surface area contributed by atoms with E-state index in [0.717, 1.165) is 17.9 Å². The minimum atomic E-state index is 0.472. The molecule has 0 heterocycles. The molecule has 0 N–H and O–H groups in total. The Kier molecular flexibility index (Phi) is 7.25. The molecule has 2 aliphatic rings. The Hall–Kier alpha value is -0.0400. The molecule has 2 aliphatic carbocycles. The molecule has 130 valence electrons. The van der Waals surface area contributed by atoms with Crippen LogP contribution in [0.1, 0.15) is 97.3 Å². The summed E-state index contributed by atoms with van der Waals surface area (Å²) in [6, 6.07) is 0.777. The molecule has 0 amide bonds. The van der Waals surface area contributed by atoms with E-state index in [-0.39, 0.29) is 0 Å². The smallest absolute Gasteiger partial charge is 0.0168 e. The predicted molar refractivity (Wildman–Crippen MR) is 98.3 cm³/mol. The summed E-state index contributed by atoms with van der Waals surface area (Å²) >= 11 is 0. The van der Waals surface area contributed by atoms with Crippen LogP contribution in [-0.2, 0) is 0 Å². The summed E-state index contributed by atoms with van der Waals surface area (Å²) < 4.78 is 0. The molecular formula is C21H41N. The maximum Gasteiger partial charge on any atom is 0.0168 e. The highest BCUT2D eigenvalue weighted by Gasteiger charge is 2.37. The van der Waals surface area contributed by atoms with E-state index < -0.39 is 0 Å². The molecule has 2 fully saturated rings. The maximum absolute atomic E-state index is 2.55. The minimum Gasteiger partial charge on any atom is -0.306 e. The second-order valence-corrected chi connectivity index (χ2v) is 9.19. The highest BCUT2D eigenvalue weighted by Crippen LogP contribution is 2.41. The van der Waals surface area contributed by atoms with Crippen molar-refractivity contribution in [2.45, 2.75) is 103 Å². The van der Waals surface area contributed by atoms with E-state index in [0.29, 0.717) is 5.41 Å². The van der Waals surface area contributed by atoms with Gasteiger partial charge in [0.15, 0.2) is 0 Å². The molecule has 0 radical (unpaired) electrons. The zero-order valence-corrected chi connectivity index (χ0v) is 15.9. The van der Waals surface area contributed by atoms with Gasteiger partial charge >= 0.3 is 0 Å². The average Bonchev–Trinajstić information content (AvgIpc) is 2.48. The first-order valence-corrected chi connectivity index (χ1v) is 10.2. The molecule has 2 rings (SSSR count). The van der Waals surface area contributed by atoms with E-state index >= 15 is 0 Å². The van der Waals surface area contributed by atoms with Gasteiger partial charge in [-0.2, -0.15) is 0 Å². The Morgan fingerprint density at radius 3 is 1.95 bits per heavy atom. The van der Waals surface area contributed by atoms with Crippen LogP contribution in [0.25, 0.3) is 0 Å². The van der Waals surface area contributed by atoms with Gasteiger partial charge in [0, 0.05) is 6.04 Å². The normalized spacial score (nSPS) is 23.9. The summed E-state index contributed by atoms with van der Waals surface area (Å²) in [5.41, 5.74) is 0.472. The molecule has 22 heavy (non-hydrogen) atoms. The lowest BCUT2D eigenvalue weighted by Gasteiger charge is -2.45. The third-order valence-corrected chi connectivity index (χ3v) is 6.61. The molecule has 2 saturated carbocycles. The molecule has 0 spiro atoms. The second-order valence-electron chi connectivity index (χ2n) is 9.19. The lowest BCUT2D eigenvalue weighted by molar-refractivity contribution is 0.0516. The van der Waals surface area contributed by atoms with Crippen LogP contribution < -0.4 is 0 Å². The van der Waals surface area contributed by atoms with Crippen molar-refractivity contribution >= 4 is 0 Å². The van der Waals surface area contributed by atoms with Gasteiger partial charge in [0.05, 0.1) is 0 Å². The van der Waals surface area contributed by atoms with Crippen LogP contribution in [0.2, 0.25) is 0 Å². The number of rotatable bonds is 7. The Morgan fingerprint density at radius 2 is 1.41 bits per heavy atom. The van der Waals surface area contributed by atoms with Crippen molar-refractivity contribution in [1.29, 1.82) is 0 Å². The van der Waals surface area contributed by atoms with Gasteiger partial charge in [-0.25, -0.2) is 0 Å². The molecule has 0 aromatic carbocycles. The molecule has 1 atom stereocenters. The standard InChI is InChI=1S/C21H41N/c1-21(2,17-11-14-18-12-7-5-8-13-18)20(22(3)4)19-15-9-6-10-16-19/h18-20H,5-17H2,1-4H3. The third-order valence-electron chi connectivity index (χ3n) is 6.61.